The molecule has 0 unspecified atom stereocenters. The standard InChI is InChI=1S/C28H40O4/c1-6-9-26-23(5)15-17-27(32-26)25(29)12-7-10-20(2)18-22(4)19-21(3)14-16-24-11-8-13-28(30)31-24/h6-10,12-14,16,19,22-27,29H,11,15,17-18H2,1-5H3/b9-6+,12-7+,16-14+,20-10+,21-19-/t22-,23+,24-,25-,26+,27+/m1/s1. The Hall–Kier alpha value is -2.17. The normalized spacial score (nSPS) is 29.8. The SMILES string of the molecule is C/C=C/[C@@H]1O[C@H]([C@H](O)/C=C/C=C(\C)C[C@@H](C)/C=C(C)\C=C\[C@H]2CC=CC(=O)O2)CC[C@@H]1C. The molecule has 32 heavy (non-hydrogen) atoms. The molecule has 1 saturated heterocycles. The maximum Gasteiger partial charge on any atom is 0.331 e. The van der Waals surface area contributed by atoms with E-state index in [4.69, 9.17) is 9.47 Å². The van der Waals surface area contributed by atoms with Gasteiger partial charge in [0.15, 0.2) is 0 Å². The fourth-order valence-corrected chi connectivity index (χ4v) is 4.18. The predicted octanol–water partition coefficient (Wildman–Crippen LogP) is 6.01. The lowest BCUT2D eigenvalue weighted by atomic mass is 9.91. The topological polar surface area (TPSA) is 55.8 Å². The third-order valence-corrected chi connectivity index (χ3v) is 5.91. The van der Waals surface area contributed by atoms with E-state index in [1.807, 2.05) is 43.4 Å². The van der Waals surface area contributed by atoms with Crippen molar-refractivity contribution in [2.24, 2.45) is 11.8 Å². The first-order valence-corrected chi connectivity index (χ1v) is 11.8. The molecular formula is C28H40O4. The summed E-state index contributed by atoms with van der Waals surface area (Å²) < 4.78 is 11.3. The van der Waals surface area contributed by atoms with Gasteiger partial charge in [0.05, 0.1) is 18.3 Å². The Labute approximate surface area is 194 Å². The summed E-state index contributed by atoms with van der Waals surface area (Å²) in [7, 11) is 0. The molecule has 0 radical (unpaired) electrons. The molecule has 0 aromatic rings. The second-order valence-corrected chi connectivity index (χ2v) is 9.17. The quantitative estimate of drug-likeness (QED) is 0.271. The Morgan fingerprint density at radius 1 is 1.28 bits per heavy atom. The summed E-state index contributed by atoms with van der Waals surface area (Å²) >= 11 is 0. The number of hydrogen-bond acceptors (Lipinski definition) is 4. The van der Waals surface area contributed by atoms with Crippen LogP contribution in [0.2, 0.25) is 0 Å². The van der Waals surface area contributed by atoms with Gasteiger partial charge in [-0.15, -0.1) is 0 Å². The zero-order chi connectivity index (χ0) is 23.5. The number of ether oxygens (including phenoxy) is 2. The Morgan fingerprint density at radius 2 is 2.06 bits per heavy atom. The molecule has 0 bridgehead atoms. The molecule has 0 aromatic heterocycles. The molecule has 6 atom stereocenters. The maximum atomic E-state index is 11.3. The monoisotopic (exact) mass is 440 g/mol. The van der Waals surface area contributed by atoms with Crippen LogP contribution < -0.4 is 0 Å². The summed E-state index contributed by atoms with van der Waals surface area (Å²) in [6, 6.07) is 0. The van der Waals surface area contributed by atoms with Gasteiger partial charge < -0.3 is 14.6 Å². The van der Waals surface area contributed by atoms with Crippen LogP contribution in [-0.4, -0.2) is 35.5 Å². The van der Waals surface area contributed by atoms with Gasteiger partial charge in [0.1, 0.15) is 6.10 Å². The van der Waals surface area contributed by atoms with E-state index in [2.05, 4.69) is 45.9 Å². The number of rotatable bonds is 9. The number of esters is 1. The van der Waals surface area contributed by atoms with E-state index >= 15 is 0 Å². The van der Waals surface area contributed by atoms with Crippen molar-refractivity contribution in [3.63, 3.8) is 0 Å². The molecule has 0 saturated carbocycles. The third-order valence-electron chi connectivity index (χ3n) is 5.91. The Balaban J connectivity index is 1.81. The highest BCUT2D eigenvalue weighted by atomic mass is 16.5. The minimum atomic E-state index is -0.590. The molecule has 2 aliphatic heterocycles. The van der Waals surface area contributed by atoms with Crippen molar-refractivity contribution < 1.29 is 19.4 Å². The lowest BCUT2D eigenvalue weighted by Gasteiger charge is -2.34. The van der Waals surface area contributed by atoms with Gasteiger partial charge in [-0.1, -0.05) is 73.6 Å². The summed E-state index contributed by atoms with van der Waals surface area (Å²) in [6.45, 7) is 10.6. The fraction of sp³-hybridized carbons (Fsp3) is 0.536. The number of aliphatic hydroxyl groups excluding tert-OH is 1. The summed E-state index contributed by atoms with van der Waals surface area (Å²) in [4.78, 5) is 11.3. The van der Waals surface area contributed by atoms with Crippen LogP contribution in [0.4, 0.5) is 0 Å². The van der Waals surface area contributed by atoms with E-state index in [-0.39, 0.29) is 24.3 Å². The Kier molecular flexibility index (Phi) is 10.9. The zero-order valence-electron chi connectivity index (χ0n) is 20.2. The summed E-state index contributed by atoms with van der Waals surface area (Å²) in [5.41, 5.74) is 2.41. The Morgan fingerprint density at radius 3 is 2.78 bits per heavy atom. The van der Waals surface area contributed by atoms with Crippen LogP contribution in [0.1, 0.15) is 60.3 Å². The van der Waals surface area contributed by atoms with E-state index in [1.54, 1.807) is 0 Å². The molecule has 4 nitrogen and oxygen atoms in total. The van der Waals surface area contributed by atoms with E-state index in [1.165, 1.54) is 11.6 Å². The van der Waals surface area contributed by atoms with Gasteiger partial charge in [-0.25, -0.2) is 4.79 Å². The van der Waals surface area contributed by atoms with Gasteiger partial charge in [-0.2, -0.15) is 0 Å². The highest BCUT2D eigenvalue weighted by Crippen LogP contribution is 2.27. The van der Waals surface area contributed by atoms with Crippen LogP contribution in [0.3, 0.4) is 0 Å². The van der Waals surface area contributed by atoms with Crippen LogP contribution in [-0.2, 0) is 14.3 Å². The molecule has 0 amide bonds. The van der Waals surface area contributed by atoms with Crippen molar-refractivity contribution in [2.45, 2.75) is 84.7 Å². The number of carbonyl (C=O) groups is 1. The highest BCUT2D eigenvalue weighted by molar-refractivity contribution is 5.82. The van der Waals surface area contributed by atoms with E-state index in [0.717, 1.165) is 31.3 Å². The third kappa shape index (κ3) is 9.13. The van der Waals surface area contributed by atoms with E-state index in [0.29, 0.717) is 11.8 Å². The van der Waals surface area contributed by atoms with Crippen LogP contribution in [0.15, 0.2) is 71.9 Å². The number of carbonyl (C=O) groups excluding carboxylic acids is 1. The molecule has 176 valence electrons. The largest absolute Gasteiger partial charge is 0.455 e. The molecule has 2 aliphatic rings. The highest BCUT2D eigenvalue weighted by Gasteiger charge is 2.29. The van der Waals surface area contributed by atoms with Gasteiger partial charge >= 0.3 is 5.97 Å². The molecule has 2 rings (SSSR count). The minimum Gasteiger partial charge on any atom is -0.455 e. The van der Waals surface area contributed by atoms with Gasteiger partial charge in [0.2, 0.25) is 0 Å². The van der Waals surface area contributed by atoms with Crippen LogP contribution in [0.5, 0.6) is 0 Å². The van der Waals surface area contributed by atoms with Crippen LogP contribution in [0, 0.1) is 11.8 Å². The molecule has 1 fully saturated rings. The van der Waals surface area contributed by atoms with Gasteiger partial charge in [-0.3, -0.25) is 0 Å². The van der Waals surface area contributed by atoms with E-state index in [9.17, 15) is 9.90 Å². The number of allylic oxidation sites excluding steroid dienone is 7. The summed E-state index contributed by atoms with van der Waals surface area (Å²) in [6.07, 6.45) is 22.3. The van der Waals surface area contributed by atoms with Gasteiger partial charge in [-0.05, 0) is 57.9 Å². The Bertz CT molecular complexity index is 783. The fourth-order valence-electron chi connectivity index (χ4n) is 4.18. The van der Waals surface area contributed by atoms with Crippen molar-refractivity contribution >= 4 is 5.97 Å². The van der Waals surface area contributed by atoms with Crippen molar-refractivity contribution in [3.8, 4) is 0 Å². The van der Waals surface area contributed by atoms with Crippen molar-refractivity contribution in [2.75, 3.05) is 0 Å². The first-order chi connectivity index (χ1) is 15.3. The summed E-state index contributed by atoms with van der Waals surface area (Å²) in [5, 5.41) is 10.5. The molecule has 4 heteroatoms. The lowest BCUT2D eigenvalue weighted by Crippen LogP contribution is -2.38. The summed E-state index contributed by atoms with van der Waals surface area (Å²) in [5.74, 6) is 0.595. The lowest BCUT2D eigenvalue weighted by molar-refractivity contribution is -0.141. The molecule has 2 heterocycles. The number of cyclic esters (lactones) is 1. The van der Waals surface area contributed by atoms with Crippen LogP contribution in [0.25, 0.3) is 0 Å². The average molecular weight is 441 g/mol. The zero-order valence-corrected chi connectivity index (χ0v) is 20.2. The minimum absolute atomic E-state index is 0.0885. The second-order valence-electron chi connectivity index (χ2n) is 9.17. The van der Waals surface area contributed by atoms with Crippen molar-refractivity contribution in [3.05, 3.63) is 71.9 Å². The van der Waals surface area contributed by atoms with Crippen LogP contribution >= 0.6 is 0 Å². The number of aliphatic hydroxyl groups is 1. The molecular weight excluding hydrogens is 400 g/mol. The molecule has 0 aliphatic carbocycles. The first-order valence-electron chi connectivity index (χ1n) is 11.8. The second kappa shape index (κ2) is 13.4. The van der Waals surface area contributed by atoms with Gasteiger partial charge in [0, 0.05) is 12.5 Å². The molecule has 1 N–H and O–H groups in total. The van der Waals surface area contributed by atoms with Crippen molar-refractivity contribution in [1.29, 1.82) is 0 Å². The molecule has 0 aromatic carbocycles. The number of hydrogen-bond donors (Lipinski definition) is 1. The average Bonchev–Trinajstić information content (AvgIpc) is 2.73. The molecule has 0 spiro atoms. The predicted molar refractivity (Wildman–Crippen MR) is 131 cm³/mol. The van der Waals surface area contributed by atoms with Crippen molar-refractivity contribution in [1.82, 2.24) is 0 Å². The van der Waals surface area contributed by atoms with Gasteiger partial charge in [0.25, 0.3) is 0 Å². The van der Waals surface area contributed by atoms with E-state index < -0.39 is 6.10 Å². The maximum absolute atomic E-state index is 11.3. The smallest absolute Gasteiger partial charge is 0.331 e. The first kappa shape index (κ1) is 26.1.